The van der Waals surface area contributed by atoms with E-state index in [1.807, 2.05) is 35.2 Å². The number of aromatic nitrogens is 2. The Morgan fingerprint density at radius 3 is 2.44 bits per heavy atom. The van der Waals surface area contributed by atoms with Gasteiger partial charge in [0.2, 0.25) is 5.91 Å². The number of aryl methyl sites for hydroxylation is 1. The fraction of sp³-hybridized carbons (Fsp3) is 0.423. The van der Waals surface area contributed by atoms with Crippen molar-refractivity contribution in [2.75, 3.05) is 39.3 Å². The maximum atomic E-state index is 13.3. The Kier molecular flexibility index (Phi) is 6.57. The SMILES string of the molecule is Cn1c(CN2CCC[C@H](C(=O)N3CCN(C(=O)c4ccccc4Cl)CC3)C2)nc2ccccc21. The quantitative estimate of drug-likeness (QED) is 0.575. The van der Waals surface area contributed by atoms with Crippen LogP contribution >= 0.6 is 11.6 Å². The molecule has 2 fully saturated rings. The molecular formula is C26H30ClN5O2. The molecule has 0 unspecified atom stereocenters. The number of para-hydroxylation sites is 2. The molecule has 2 amide bonds. The van der Waals surface area contributed by atoms with Gasteiger partial charge in [0.15, 0.2) is 0 Å². The van der Waals surface area contributed by atoms with E-state index in [2.05, 4.69) is 22.6 Å². The molecule has 5 rings (SSSR count). The molecule has 1 aromatic heterocycles. The number of fused-ring (bicyclic) bond motifs is 1. The van der Waals surface area contributed by atoms with Crippen LogP contribution in [0.1, 0.15) is 29.0 Å². The molecule has 2 saturated heterocycles. The molecule has 0 radical (unpaired) electrons. The highest BCUT2D eigenvalue weighted by Crippen LogP contribution is 2.23. The standard InChI is InChI=1S/C26H30ClN5O2/c1-29-23-11-5-4-10-22(23)28-24(29)18-30-12-6-7-19(17-30)25(33)31-13-15-32(16-14-31)26(34)20-8-2-3-9-21(20)27/h2-5,8-11,19H,6-7,12-18H2,1H3/t19-/m0/s1. The van der Waals surface area contributed by atoms with Crippen LogP contribution in [0.25, 0.3) is 11.0 Å². The second-order valence-corrected chi connectivity index (χ2v) is 9.65. The number of amides is 2. The van der Waals surface area contributed by atoms with Crippen LogP contribution in [-0.2, 0) is 18.4 Å². The number of likely N-dealkylation sites (tertiary alicyclic amines) is 1. The van der Waals surface area contributed by atoms with E-state index >= 15 is 0 Å². The van der Waals surface area contributed by atoms with Gasteiger partial charge in [-0.3, -0.25) is 14.5 Å². The predicted octanol–water partition coefficient (Wildman–Crippen LogP) is 3.42. The lowest BCUT2D eigenvalue weighted by Crippen LogP contribution is -2.53. The summed E-state index contributed by atoms with van der Waals surface area (Å²) in [5.74, 6) is 1.17. The lowest BCUT2D eigenvalue weighted by Gasteiger charge is -2.39. The number of imidazole rings is 1. The van der Waals surface area contributed by atoms with Crippen molar-refractivity contribution in [2.24, 2.45) is 13.0 Å². The molecule has 1 atom stereocenters. The van der Waals surface area contributed by atoms with Crippen LogP contribution in [0.5, 0.6) is 0 Å². The molecule has 0 bridgehead atoms. The van der Waals surface area contributed by atoms with Crippen molar-refractivity contribution >= 4 is 34.4 Å². The van der Waals surface area contributed by atoms with Crippen LogP contribution in [-0.4, -0.2) is 75.3 Å². The lowest BCUT2D eigenvalue weighted by atomic mass is 9.96. The molecular weight excluding hydrogens is 450 g/mol. The molecule has 2 aliphatic rings. The number of hydrogen-bond donors (Lipinski definition) is 0. The third kappa shape index (κ3) is 4.55. The highest BCUT2D eigenvalue weighted by atomic mass is 35.5. The molecule has 8 heteroatoms. The summed E-state index contributed by atoms with van der Waals surface area (Å²) in [6, 6.07) is 15.3. The topological polar surface area (TPSA) is 61.7 Å². The number of rotatable bonds is 4. The van der Waals surface area contributed by atoms with Gasteiger partial charge in [-0.25, -0.2) is 4.98 Å². The smallest absolute Gasteiger partial charge is 0.255 e. The van der Waals surface area contributed by atoms with E-state index in [0.717, 1.165) is 49.3 Å². The Labute approximate surface area is 204 Å². The summed E-state index contributed by atoms with van der Waals surface area (Å²) in [6.07, 6.45) is 1.92. The number of carbonyl (C=O) groups excluding carboxylic acids is 2. The van der Waals surface area contributed by atoms with Crippen molar-refractivity contribution in [1.29, 1.82) is 0 Å². The van der Waals surface area contributed by atoms with Gasteiger partial charge >= 0.3 is 0 Å². The maximum Gasteiger partial charge on any atom is 0.255 e. The van der Waals surface area contributed by atoms with Gasteiger partial charge in [-0.2, -0.15) is 0 Å². The molecule has 0 saturated carbocycles. The van der Waals surface area contributed by atoms with E-state index in [1.54, 1.807) is 17.0 Å². The average Bonchev–Trinajstić information content (AvgIpc) is 3.19. The largest absolute Gasteiger partial charge is 0.339 e. The van der Waals surface area contributed by atoms with Crippen molar-refractivity contribution < 1.29 is 9.59 Å². The highest BCUT2D eigenvalue weighted by Gasteiger charge is 2.32. The summed E-state index contributed by atoms with van der Waals surface area (Å²) in [6.45, 7) is 4.67. The van der Waals surface area contributed by atoms with Crippen molar-refractivity contribution in [3.8, 4) is 0 Å². The number of piperazine rings is 1. The van der Waals surface area contributed by atoms with Gasteiger partial charge < -0.3 is 14.4 Å². The third-order valence-corrected chi connectivity index (χ3v) is 7.41. The first-order valence-electron chi connectivity index (χ1n) is 12.0. The summed E-state index contributed by atoms with van der Waals surface area (Å²) in [4.78, 5) is 37.0. The van der Waals surface area contributed by atoms with Gasteiger partial charge in [0, 0.05) is 39.8 Å². The molecule has 178 valence electrons. The van der Waals surface area contributed by atoms with Gasteiger partial charge in [-0.05, 0) is 43.7 Å². The van der Waals surface area contributed by atoms with Gasteiger partial charge in [-0.15, -0.1) is 0 Å². The van der Waals surface area contributed by atoms with Crippen LogP contribution in [0.2, 0.25) is 5.02 Å². The van der Waals surface area contributed by atoms with Gasteiger partial charge in [0.25, 0.3) is 5.91 Å². The Bertz CT molecular complexity index is 1200. The number of carbonyl (C=O) groups is 2. The van der Waals surface area contributed by atoms with Gasteiger partial charge in [-0.1, -0.05) is 35.9 Å². The number of halogens is 1. The van der Waals surface area contributed by atoms with Crippen molar-refractivity contribution in [2.45, 2.75) is 19.4 Å². The molecule has 3 aromatic rings. The fourth-order valence-corrected chi connectivity index (χ4v) is 5.35. The average molecular weight is 480 g/mol. The first kappa shape index (κ1) is 22.9. The molecule has 34 heavy (non-hydrogen) atoms. The minimum atomic E-state index is -0.0657. The third-order valence-electron chi connectivity index (χ3n) is 7.08. The minimum Gasteiger partial charge on any atom is -0.339 e. The molecule has 0 aliphatic carbocycles. The Balaban J connectivity index is 1.18. The van der Waals surface area contributed by atoms with Crippen molar-refractivity contribution in [3.63, 3.8) is 0 Å². The number of hydrogen-bond acceptors (Lipinski definition) is 4. The molecule has 0 N–H and O–H groups in total. The summed E-state index contributed by atoms with van der Waals surface area (Å²) in [7, 11) is 2.06. The van der Waals surface area contributed by atoms with E-state index in [4.69, 9.17) is 16.6 Å². The van der Waals surface area contributed by atoms with Crippen molar-refractivity contribution in [3.05, 3.63) is 64.9 Å². The zero-order chi connectivity index (χ0) is 23.7. The highest BCUT2D eigenvalue weighted by molar-refractivity contribution is 6.33. The van der Waals surface area contributed by atoms with E-state index in [9.17, 15) is 9.59 Å². The normalized spacial score (nSPS) is 19.5. The minimum absolute atomic E-state index is 0.00532. The predicted molar refractivity (Wildman–Crippen MR) is 133 cm³/mol. The summed E-state index contributed by atoms with van der Waals surface area (Å²) in [5, 5.41) is 0.467. The zero-order valence-electron chi connectivity index (χ0n) is 19.5. The Morgan fingerprint density at radius 1 is 0.971 bits per heavy atom. The van der Waals surface area contributed by atoms with E-state index < -0.39 is 0 Å². The zero-order valence-corrected chi connectivity index (χ0v) is 20.2. The number of nitrogens with zero attached hydrogens (tertiary/aromatic N) is 5. The van der Waals surface area contributed by atoms with E-state index in [-0.39, 0.29) is 17.7 Å². The van der Waals surface area contributed by atoms with Gasteiger partial charge in [0.1, 0.15) is 5.82 Å². The second-order valence-electron chi connectivity index (χ2n) is 9.25. The number of benzene rings is 2. The molecule has 7 nitrogen and oxygen atoms in total. The summed E-state index contributed by atoms with van der Waals surface area (Å²) >= 11 is 6.20. The van der Waals surface area contributed by atoms with Crippen molar-refractivity contribution in [1.82, 2.24) is 24.3 Å². The summed E-state index contributed by atoms with van der Waals surface area (Å²) < 4.78 is 2.15. The van der Waals surface area contributed by atoms with Crippen LogP contribution in [0.4, 0.5) is 0 Å². The fourth-order valence-electron chi connectivity index (χ4n) is 5.13. The van der Waals surface area contributed by atoms with E-state index in [1.165, 1.54) is 0 Å². The molecule has 2 aromatic carbocycles. The Hall–Kier alpha value is -2.90. The number of piperidine rings is 1. The molecule has 2 aliphatic heterocycles. The lowest BCUT2D eigenvalue weighted by molar-refractivity contribution is -0.139. The van der Waals surface area contributed by atoms with Crippen LogP contribution < -0.4 is 0 Å². The van der Waals surface area contributed by atoms with Crippen LogP contribution in [0.15, 0.2) is 48.5 Å². The molecule has 0 spiro atoms. The first-order chi connectivity index (χ1) is 16.5. The first-order valence-corrected chi connectivity index (χ1v) is 12.3. The monoisotopic (exact) mass is 479 g/mol. The van der Waals surface area contributed by atoms with Crippen LogP contribution in [0.3, 0.4) is 0 Å². The van der Waals surface area contributed by atoms with Gasteiger partial charge in [0.05, 0.1) is 34.1 Å². The van der Waals surface area contributed by atoms with E-state index in [0.29, 0.717) is 36.8 Å². The van der Waals surface area contributed by atoms with Crippen LogP contribution in [0, 0.1) is 5.92 Å². The summed E-state index contributed by atoms with van der Waals surface area (Å²) in [5.41, 5.74) is 2.66. The molecule has 3 heterocycles. The maximum absolute atomic E-state index is 13.3. The second kappa shape index (κ2) is 9.76. The Morgan fingerprint density at radius 2 is 1.68 bits per heavy atom.